The number of aryl methyl sites for hydroxylation is 3. The quantitative estimate of drug-likeness (QED) is 0.803. The van der Waals surface area contributed by atoms with Crippen LogP contribution in [-0.4, -0.2) is 51.8 Å². The first-order valence-corrected chi connectivity index (χ1v) is 9.43. The Bertz CT molecular complexity index is 864. The van der Waals surface area contributed by atoms with E-state index in [9.17, 15) is 4.79 Å². The van der Waals surface area contributed by atoms with E-state index in [1.54, 1.807) is 7.05 Å². The summed E-state index contributed by atoms with van der Waals surface area (Å²) in [7, 11) is 3.49. The Balaban J connectivity index is 1.71. The highest BCUT2D eigenvalue weighted by molar-refractivity contribution is 6.31. The zero-order valence-electron chi connectivity index (χ0n) is 16.4. The molecule has 1 saturated heterocycles. The van der Waals surface area contributed by atoms with E-state index >= 15 is 0 Å². The van der Waals surface area contributed by atoms with Crippen LogP contribution in [0.25, 0.3) is 0 Å². The van der Waals surface area contributed by atoms with Crippen LogP contribution >= 0.6 is 11.6 Å². The van der Waals surface area contributed by atoms with Crippen LogP contribution in [-0.2, 0) is 13.6 Å². The highest BCUT2D eigenvalue weighted by atomic mass is 35.5. The molecule has 2 aromatic rings. The van der Waals surface area contributed by atoms with E-state index in [1.807, 2.05) is 32.5 Å². The fourth-order valence-corrected chi connectivity index (χ4v) is 3.59. The van der Waals surface area contributed by atoms with Crippen molar-refractivity contribution in [1.82, 2.24) is 30.4 Å². The number of hydrogen-bond donors (Lipinski definition) is 2. The zero-order chi connectivity index (χ0) is 19.7. The molecular weight excluding hydrogens is 366 g/mol. The number of amides is 1. The maximum atomic E-state index is 11.9. The first kappa shape index (κ1) is 19.6. The molecule has 3 rings (SSSR count). The summed E-state index contributed by atoms with van der Waals surface area (Å²) in [5, 5.41) is 11.2. The van der Waals surface area contributed by atoms with E-state index in [0.717, 1.165) is 53.0 Å². The number of anilines is 1. The van der Waals surface area contributed by atoms with Crippen LogP contribution in [0, 0.1) is 20.8 Å². The van der Waals surface area contributed by atoms with Gasteiger partial charge in [0, 0.05) is 51.0 Å². The minimum Gasteiger partial charge on any atom is -0.355 e. The molecule has 146 valence electrons. The second-order valence-electron chi connectivity index (χ2n) is 6.94. The molecule has 1 aliphatic heterocycles. The van der Waals surface area contributed by atoms with Crippen molar-refractivity contribution in [1.29, 1.82) is 0 Å². The van der Waals surface area contributed by atoms with Crippen molar-refractivity contribution in [3.05, 3.63) is 33.5 Å². The number of nitrogens with zero attached hydrogens (tertiary/aromatic N) is 5. The monoisotopic (exact) mass is 391 g/mol. The van der Waals surface area contributed by atoms with E-state index in [1.165, 1.54) is 0 Å². The Morgan fingerprint density at radius 3 is 2.63 bits per heavy atom. The van der Waals surface area contributed by atoms with Gasteiger partial charge in [0.2, 0.25) is 5.82 Å². The first-order chi connectivity index (χ1) is 12.8. The molecule has 9 heteroatoms. The van der Waals surface area contributed by atoms with Gasteiger partial charge in [-0.15, -0.1) is 0 Å². The Labute approximate surface area is 164 Å². The molecule has 0 bridgehead atoms. The van der Waals surface area contributed by atoms with Crippen molar-refractivity contribution in [3.8, 4) is 0 Å². The van der Waals surface area contributed by atoms with Gasteiger partial charge in [0.25, 0.3) is 5.91 Å². The van der Waals surface area contributed by atoms with Gasteiger partial charge < -0.3 is 15.5 Å². The smallest absolute Gasteiger partial charge is 0.288 e. The molecule has 2 N–H and O–H groups in total. The number of hydrogen-bond acceptors (Lipinski definition) is 6. The molecule has 0 unspecified atom stereocenters. The van der Waals surface area contributed by atoms with E-state index < -0.39 is 0 Å². The van der Waals surface area contributed by atoms with E-state index in [2.05, 4.69) is 30.6 Å². The van der Waals surface area contributed by atoms with Crippen LogP contribution < -0.4 is 15.5 Å². The first-order valence-electron chi connectivity index (χ1n) is 9.05. The van der Waals surface area contributed by atoms with Crippen LogP contribution in [0.2, 0.25) is 5.02 Å². The van der Waals surface area contributed by atoms with Gasteiger partial charge in [-0.2, -0.15) is 5.10 Å². The molecule has 27 heavy (non-hydrogen) atoms. The average molecular weight is 392 g/mol. The predicted octanol–water partition coefficient (Wildman–Crippen LogP) is 1.52. The van der Waals surface area contributed by atoms with Gasteiger partial charge >= 0.3 is 0 Å². The van der Waals surface area contributed by atoms with Crippen molar-refractivity contribution in [2.45, 2.75) is 39.8 Å². The van der Waals surface area contributed by atoms with E-state index in [0.29, 0.717) is 12.6 Å². The molecule has 0 spiro atoms. The fourth-order valence-electron chi connectivity index (χ4n) is 3.37. The lowest BCUT2D eigenvalue weighted by molar-refractivity contribution is 0.0952. The van der Waals surface area contributed by atoms with Gasteiger partial charge in [-0.3, -0.25) is 9.48 Å². The molecule has 2 aromatic heterocycles. The summed E-state index contributed by atoms with van der Waals surface area (Å²) in [6.45, 7) is 8.18. The minimum absolute atomic E-state index is 0.212. The van der Waals surface area contributed by atoms with Crippen molar-refractivity contribution in [2.24, 2.45) is 7.05 Å². The van der Waals surface area contributed by atoms with Crippen LogP contribution in [0.5, 0.6) is 0 Å². The number of nitrogens with one attached hydrogen (secondary N) is 2. The number of carbonyl (C=O) groups is 1. The molecule has 0 aliphatic carbocycles. The molecule has 1 atom stereocenters. The Hall–Kier alpha value is -2.19. The highest BCUT2D eigenvalue weighted by Crippen LogP contribution is 2.25. The molecule has 1 aliphatic rings. The summed E-state index contributed by atoms with van der Waals surface area (Å²) in [4.78, 5) is 23.0. The maximum Gasteiger partial charge on any atom is 0.288 e. The van der Waals surface area contributed by atoms with Crippen molar-refractivity contribution in [2.75, 3.05) is 25.0 Å². The molecule has 3 heterocycles. The van der Waals surface area contributed by atoms with Crippen LogP contribution in [0.4, 0.5) is 5.82 Å². The number of aromatic nitrogens is 4. The van der Waals surface area contributed by atoms with Gasteiger partial charge in [-0.1, -0.05) is 11.6 Å². The molecular formula is C18H26ClN7O. The normalized spacial score (nSPS) is 16.8. The summed E-state index contributed by atoms with van der Waals surface area (Å²) in [5.41, 5.74) is 3.67. The third-order valence-electron chi connectivity index (χ3n) is 5.10. The summed E-state index contributed by atoms with van der Waals surface area (Å²) in [6, 6.07) is 0.314. The van der Waals surface area contributed by atoms with E-state index in [-0.39, 0.29) is 11.7 Å². The Morgan fingerprint density at radius 2 is 2.00 bits per heavy atom. The number of rotatable bonds is 5. The van der Waals surface area contributed by atoms with Gasteiger partial charge in [0.05, 0.1) is 16.4 Å². The lowest BCUT2D eigenvalue weighted by atomic mass is 10.2. The maximum absolute atomic E-state index is 11.9. The largest absolute Gasteiger partial charge is 0.355 e. The molecule has 8 nitrogen and oxygen atoms in total. The van der Waals surface area contributed by atoms with Crippen molar-refractivity contribution in [3.63, 3.8) is 0 Å². The van der Waals surface area contributed by atoms with Gasteiger partial charge in [0.1, 0.15) is 5.82 Å². The van der Waals surface area contributed by atoms with Gasteiger partial charge in [-0.05, 0) is 27.2 Å². The molecule has 0 aromatic carbocycles. The standard InChI is InChI=1S/C18H26ClN7O/c1-10-11(2)22-16(18(27)20-4)23-17(10)26-7-6-13(9-26)21-8-14-15(19)12(3)24-25(14)5/h13,21H,6-9H2,1-5H3,(H,20,27)/t13-/m1/s1. The number of halogens is 1. The fraction of sp³-hybridized carbons (Fsp3) is 0.556. The lowest BCUT2D eigenvalue weighted by Gasteiger charge is -2.21. The molecule has 0 saturated carbocycles. The Kier molecular flexibility index (Phi) is 5.67. The van der Waals surface area contributed by atoms with E-state index in [4.69, 9.17) is 11.6 Å². The molecule has 1 fully saturated rings. The second-order valence-corrected chi connectivity index (χ2v) is 7.32. The SMILES string of the molecule is CNC(=O)c1nc(C)c(C)c(N2CC[C@@H](NCc3c(Cl)c(C)nn3C)C2)n1. The van der Waals surface area contributed by atoms with Crippen molar-refractivity contribution >= 4 is 23.3 Å². The van der Waals surface area contributed by atoms with Crippen LogP contribution in [0.3, 0.4) is 0 Å². The lowest BCUT2D eigenvalue weighted by Crippen LogP contribution is -2.33. The minimum atomic E-state index is -0.269. The van der Waals surface area contributed by atoms with Gasteiger partial charge in [-0.25, -0.2) is 9.97 Å². The third-order valence-corrected chi connectivity index (χ3v) is 5.59. The summed E-state index contributed by atoms with van der Waals surface area (Å²) >= 11 is 6.33. The average Bonchev–Trinajstić information content (AvgIpc) is 3.20. The molecule has 1 amide bonds. The summed E-state index contributed by atoms with van der Waals surface area (Å²) in [6.07, 6.45) is 0.992. The number of carbonyl (C=O) groups excluding carboxylic acids is 1. The second kappa shape index (κ2) is 7.82. The van der Waals surface area contributed by atoms with Crippen molar-refractivity contribution < 1.29 is 4.79 Å². The topological polar surface area (TPSA) is 88.0 Å². The summed E-state index contributed by atoms with van der Waals surface area (Å²) in [5.74, 6) is 0.776. The third kappa shape index (κ3) is 3.91. The zero-order valence-corrected chi connectivity index (χ0v) is 17.2. The highest BCUT2D eigenvalue weighted by Gasteiger charge is 2.26. The summed E-state index contributed by atoms with van der Waals surface area (Å²) < 4.78 is 1.82. The van der Waals surface area contributed by atoms with Crippen LogP contribution in [0.1, 0.15) is 39.7 Å². The van der Waals surface area contributed by atoms with Gasteiger partial charge in [0.15, 0.2) is 0 Å². The Morgan fingerprint density at radius 1 is 1.26 bits per heavy atom. The molecule has 0 radical (unpaired) electrons. The van der Waals surface area contributed by atoms with Crippen LogP contribution in [0.15, 0.2) is 0 Å². The predicted molar refractivity (Wildman–Crippen MR) is 105 cm³/mol.